The molecule has 1 aliphatic rings. The Kier molecular flexibility index (Phi) is 5.73. The largest absolute Gasteiger partial charge is 0.383 e. The van der Waals surface area contributed by atoms with E-state index in [-0.39, 0.29) is 0 Å². The molecule has 1 heterocycles. The van der Waals surface area contributed by atoms with Crippen LogP contribution in [-0.4, -0.2) is 50.8 Å². The number of methoxy groups -OCH3 is 1. The summed E-state index contributed by atoms with van der Waals surface area (Å²) in [5, 5.41) is 3.77. The molecule has 16 heavy (non-hydrogen) atoms. The summed E-state index contributed by atoms with van der Waals surface area (Å²) in [4.78, 5) is 2.42. The second-order valence-electron chi connectivity index (χ2n) is 5.61. The minimum absolute atomic E-state index is 0.487. The average Bonchev–Trinajstić information content (AvgIpc) is 2.20. The molecule has 0 spiro atoms. The Morgan fingerprint density at radius 3 is 2.62 bits per heavy atom. The van der Waals surface area contributed by atoms with E-state index in [2.05, 4.69) is 38.0 Å². The van der Waals surface area contributed by atoms with Gasteiger partial charge in [-0.1, -0.05) is 20.8 Å². The van der Waals surface area contributed by atoms with Crippen LogP contribution in [-0.2, 0) is 4.74 Å². The van der Waals surface area contributed by atoms with E-state index in [1.54, 1.807) is 7.11 Å². The van der Waals surface area contributed by atoms with Crippen molar-refractivity contribution in [3.05, 3.63) is 0 Å². The molecule has 96 valence electrons. The molecule has 0 aromatic carbocycles. The number of nitrogens with zero attached hydrogens (tertiary/aromatic N) is 1. The van der Waals surface area contributed by atoms with Gasteiger partial charge in [-0.25, -0.2) is 0 Å². The molecule has 0 aromatic rings. The smallest absolute Gasteiger partial charge is 0.0618 e. The quantitative estimate of drug-likeness (QED) is 0.773. The molecule has 3 nitrogen and oxygen atoms in total. The third kappa shape index (κ3) is 4.04. The number of nitrogens with one attached hydrogen (secondary N) is 1. The first-order chi connectivity index (χ1) is 7.54. The maximum atomic E-state index is 5.29. The van der Waals surface area contributed by atoms with E-state index >= 15 is 0 Å². The fourth-order valence-electron chi connectivity index (χ4n) is 2.49. The van der Waals surface area contributed by atoms with Crippen LogP contribution in [0.4, 0.5) is 0 Å². The summed E-state index contributed by atoms with van der Waals surface area (Å²) in [6.07, 6.45) is 1.25. The highest BCUT2D eigenvalue weighted by Crippen LogP contribution is 2.17. The van der Waals surface area contributed by atoms with Crippen LogP contribution in [0.15, 0.2) is 0 Å². The Hall–Kier alpha value is -0.120. The molecule has 3 unspecified atom stereocenters. The number of piperidine rings is 1. The molecular weight excluding hydrogens is 200 g/mol. The minimum Gasteiger partial charge on any atom is -0.383 e. The van der Waals surface area contributed by atoms with Crippen molar-refractivity contribution in [3.63, 3.8) is 0 Å². The number of hydrogen-bond donors (Lipinski definition) is 1. The maximum Gasteiger partial charge on any atom is 0.0618 e. The first kappa shape index (κ1) is 13.9. The molecular formula is C13H28N2O. The predicted octanol–water partition coefficient (Wildman–Crippen LogP) is 1.59. The molecule has 1 saturated heterocycles. The zero-order valence-electron chi connectivity index (χ0n) is 11.5. The molecule has 1 rings (SSSR count). The van der Waals surface area contributed by atoms with Crippen LogP contribution < -0.4 is 5.32 Å². The fourth-order valence-corrected chi connectivity index (χ4v) is 2.49. The lowest BCUT2D eigenvalue weighted by Crippen LogP contribution is -2.52. The van der Waals surface area contributed by atoms with Crippen molar-refractivity contribution in [2.24, 2.45) is 11.8 Å². The fraction of sp³-hybridized carbons (Fsp3) is 1.00. The van der Waals surface area contributed by atoms with Gasteiger partial charge in [0.05, 0.1) is 6.61 Å². The van der Waals surface area contributed by atoms with Crippen molar-refractivity contribution >= 4 is 0 Å². The summed E-state index contributed by atoms with van der Waals surface area (Å²) >= 11 is 0. The van der Waals surface area contributed by atoms with E-state index in [0.29, 0.717) is 18.0 Å². The van der Waals surface area contributed by atoms with E-state index in [9.17, 15) is 0 Å². The van der Waals surface area contributed by atoms with Crippen LogP contribution >= 0.6 is 0 Å². The zero-order valence-corrected chi connectivity index (χ0v) is 11.5. The second kappa shape index (κ2) is 6.58. The van der Waals surface area contributed by atoms with Gasteiger partial charge in [0.1, 0.15) is 0 Å². The molecule has 0 amide bonds. The summed E-state index contributed by atoms with van der Waals surface area (Å²) in [7, 11) is 4.00. The normalized spacial score (nSPS) is 29.6. The van der Waals surface area contributed by atoms with E-state index in [4.69, 9.17) is 4.74 Å². The van der Waals surface area contributed by atoms with Crippen LogP contribution in [0.5, 0.6) is 0 Å². The van der Waals surface area contributed by atoms with Crippen LogP contribution in [0.3, 0.4) is 0 Å². The first-order valence-electron chi connectivity index (χ1n) is 6.48. The summed E-state index contributed by atoms with van der Waals surface area (Å²) < 4.78 is 5.29. The Labute approximate surface area is 101 Å². The van der Waals surface area contributed by atoms with Crippen LogP contribution in [0.2, 0.25) is 0 Å². The highest BCUT2D eigenvalue weighted by atomic mass is 16.5. The van der Waals surface area contributed by atoms with Crippen molar-refractivity contribution in [1.82, 2.24) is 10.2 Å². The van der Waals surface area contributed by atoms with Crippen molar-refractivity contribution in [2.75, 3.05) is 33.9 Å². The molecule has 0 radical (unpaired) electrons. The minimum atomic E-state index is 0.487. The molecule has 3 heteroatoms. The van der Waals surface area contributed by atoms with Crippen LogP contribution in [0, 0.1) is 11.8 Å². The SMILES string of the molecule is COCC(NC1CCN(C)CC1C)C(C)C. The van der Waals surface area contributed by atoms with Gasteiger partial charge in [0.2, 0.25) is 0 Å². The number of likely N-dealkylation sites (tertiary alicyclic amines) is 1. The third-order valence-corrected chi connectivity index (χ3v) is 3.69. The van der Waals surface area contributed by atoms with Gasteiger partial charge in [-0.2, -0.15) is 0 Å². The van der Waals surface area contributed by atoms with Gasteiger partial charge in [0.25, 0.3) is 0 Å². The number of ether oxygens (including phenoxy) is 1. The zero-order chi connectivity index (χ0) is 12.1. The van der Waals surface area contributed by atoms with Gasteiger partial charge in [-0.05, 0) is 31.8 Å². The Bertz CT molecular complexity index is 196. The average molecular weight is 228 g/mol. The lowest BCUT2D eigenvalue weighted by atomic mass is 9.92. The predicted molar refractivity (Wildman–Crippen MR) is 68.7 cm³/mol. The molecule has 1 N–H and O–H groups in total. The monoisotopic (exact) mass is 228 g/mol. The van der Waals surface area contributed by atoms with Gasteiger partial charge in [-0.3, -0.25) is 0 Å². The molecule has 0 aliphatic carbocycles. The summed E-state index contributed by atoms with van der Waals surface area (Å²) in [5.41, 5.74) is 0. The highest BCUT2D eigenvalue weighted by molar-refractivity contribution is 4.85. The molecule has 3 atom stereocenters. The number of hydrogen-bond acceptors (Lipinski definition) is 3. The summed E-state index contributed by atoms with van der Waals surface area (Å²) in [6, 6.07) is 1.14. The number of rotatable bonds is 5. The molecule has 0 bridgehead atoms. The Balaban J connectivity index is 2.44. The lowest BCUT2D eigenvalue weighted by molar-refractivity contribution is 0.111. The lowest BCUT2D eigenvalue weighted by Gasteiger charge is -2.38. The van der Waals surface area contributed by atoms with E-state index in [0.717, 1.165) is 12.5 Å². The standard InChI is InChI=1S/C13H28N2O/c1-10(2)13(9-16-5)14-12-6-7-15(4)8-11(12)3/h10-14H,6-9H2,1-5H3. The van der Waals surface area contributed by atoms with E-state index < -0.39 is 0 Å². The van der Waals surface area contributed by atoms with Crippen molar-refractivity contribution in [3.8, 4) is 0 Å². The second-order valence-corrected chi connectivity index (χ2v) is 5.61. The third-order valence-electron chi connectivity index (χ3n) is 3.69. The van der Waals surface area contributed by atoms with E-state index in [1.807, 2.05) is 0 Å². The maximum absolute atomic E-state index is 5.29. The Morgan fingerprint density at radius 1 is 1.44 bits per heavy atom. The van der Waals surface area contributed by atoms with Crippen molar-refractivity contribution in [2.45, 2.75) is 39.3 Å². The highest BCUT2D eigenvalue weighted by Gasteiger charge is 2.26. The van der Waals surface area contributed by atoms with Crippen LogP contribution in [0.25, 0.3) is 0 Å². The first-order valence-corrected chi connectivity index (χ1v) is 6.48. The van der Waals surface area contributed by atoms with Gasteiger partial charge < -0.3 is 15.0 Å². The Morgan fingerprint density at radius 2 is 2.12 bits per heavy atom. The van der Waals surface area contributed by atoms with Gasteiger partial charge in [0.15, 0.2) is 0 Å². The summed E-state index contributed by atoms with van der Waals surface area (Å²) in [6.45, 7) is 10.1. The van der Waals surface area contributed by atoms with Crippen LogP contribution in [0.1, 0.15) is 27.2 Å². The van der Waals surface area contributed by atoms with E-state index in [1.165, 1.54) is 19.5 Å². The molecule has 0 aromatic heterocycles. The molecule has 1 fully saturated rings. The topological polar surface area (TPSA) is 24.5 Å². The summed E-state index contributed by atoms with van der Waals surface area (Å²) in [5.74, 6) is 1.36. The molecule has 0 saturated carbocycles. The van der Waals surface area contributed by atoms with Gasteiger partial charge in [-0.15, -0.1) is 0 Å². The van der Waals surface area contributed by atoms with Gasteiger partial charge in [0, 0.05) is 25.7 Å². The van der Waals surface area contributed by atoms with Crippen molar-refractivity contribution < 1.29 is 4.74 Å². The van der Waals surface area contributed by atoms with Gasteiger partial charge >= 0.3 is 0 Å². The van der Waals surface area contributed by atoms with Crippen molar-refractivity contribution in [1.29, 1.82) is 0 Å². The molecule has 1 aliphatic heterocycles.